The summed E-state index contributed by atoms with van der Waals surface area (Å²) in [6.07, 6.45) is 2.43. The van der Waals surface area contributed by atoms with E-state index in [-0.39, 0.29) is 30.4 Å². The van der Waals surface area contributed by atoms with Gasteiger partial charge in [-0.25, -0.2) is 9.18 Å². The van der Waals surface area contributed by atoms with Crippen LogP contribution in [0.4, 0.5) is 4.39 Å². The average molecular weight is 440 g/mol. The van der Waals surface area contributed by atoms with Crippen LogP contribution in [-0.4, -0.2) is 21.6 Å². The van der Waals surface area contributed by atoms with Crippen LogP contribution in [0.2, 0.25) is 0 Å². The van der Waals surface area contributed by atoms with E-state index < -0.39 is 5.69 Å². The fraction of sp³-hybridized carbons (Fsp3) is 0.400. The van der Waals surface area contributed by atoms with Crippen molar-refractivity contribution in [1.29, 1.82) is 0 Å². The van der Waals surface area contributed by atoms with Crippen molar-refractivity contribution in [3.8, 4) is 0 Å². The molecule has 0 atom stereocenters. The van der Waals surface area contributed by atoms with Crippen LogP contribution < -0.4 is 16.6 Å². The van der Waals surface area contributed by atoms with Gasteiger partial charge >= 0.3 is 5.69 Å². The molecular weight excluding hydrogens is 409 g/mol. The molecule has 0 unspecified atom stereocenters. The van der Waals surface area contributed by atoms with Crippen molar-refractivity contribution in [2.45, 2.75) is 52.6 Å². The predicted octanol–water partition coefficient (Wildman–Crippen LogP) is 3.68. The lowest BCUT2D eigenvalue weighted by atomic mass is 10.1. The number of nitrogens with zero attached hydrogens (tertiary/aromatic N) is 2. The third kappa shape index (κ3) is 5.93. The van der Waals surface area contributed by atoms with Crippen molar-refractivity contribution in [2.75, 3.05) is 6.54 Å². The smallest absolute Gasteiger partial charge is 0.331 e. The summed E-state index contributed by atoms with van der Waals surface area (Å²) in [7, 11) is 0. The lowest BCUT2D eigenvalue weighted by Gasteiger charge is -2.14. The number of halogens is 1. The van der Waals surface area contributed by atoms with E-state index in [0.29, 0.717) is 42.6 Å². The Kier molecular flexibility index (Phi) is 7.98. The number of nitrogens with one attached hydrogen (secondary N) is 1. The molecule has 0 saturated carbocycles. The number of amides is 1. The number of unbranched alkanes of at least 4 members (excludes halogenated alkanes) is 1. The van der Waals surface area contributed by atoms with Crippen molar-refractivity contribution in [3.05, 3.63) is 80.7 Å². The second-order valence-corrected chi connectivity index (χ2v) is 8.46. The first-order valence-corrected chi connectivity index (χ1v) is 11.1. The zero-order valence-electron chi connectivity index (χ0n) is 18.6. The van der Waals surface area contributed by atoms with Gasteiger partial charge in [0.05, 0.1) is 17.4 Å². The molecule has 1 N–H and O–H groups in total. The first-order chi connectivity index (χ1) is 15.4. The van der Waals surface area contributed by atoms with E-state index in [4.69, 9.17) is 0 Å². The van der Waals surface area contributed by atoms with Gasteiger partial charge in [-0.15, -0.1) is 0 Å². The molecule has 2 aromatic carbocycles. The number of carbonyl (C=O) groups is 1. The van der Waals surface area contributed by atoms with Crippen LogP contribution in [-0.2, 0) is 17.9 Å². The van der Waals surface area contributed by atoms with E-state index in [2.05, 4.69) is 19.2 Å². The summed E-state index contributed by atoms with van der Waals surface area (Å²) >= 11 is 0. The molecule has 0 aliphatic rings. The number of carbonyl (C=O) groups excluding carboxylic acids is 1. The minimum absolute atomic E-state index is 0.00905. The second-order valence-electron chi connectivity index (χ2n) is 8.46. The molecule has 6 nitrogen and oxygen atoms in total. The normalized spacial score (nSPS) is 11.2. The number of para-hydroxylation sites is 1. The minimum Gasteiger partial charge on any atom is -0.356 e. The van der Waals surface area contributed by atoms with Crippen LogP contribution in [0.15, 0.2) is 58.1 Å². The second kappa shape index (κ2) is 10.9. The van der Waals surface area contributed by atoms with Crippen molar-refractivity contribution in [2.24, 2.45) is 5.92 Å². The first-order valence-electron chi connectivity index (χ1n) is 11.1. The highest BCUT2D eigenvalue weighted by atomic mass is 19.1. The number of hydrogen-bond donors (Lipinski definition) is 1. The summed E-state index contributed by atoms with van der Waals surface area (Å²) in [4.78, 5) is 38.1. The topological polar surface area (TPSA) is 73.1 Å². The molecule has 0 aliphatic carbocycles. The summed E-state index contributed by atoms with van der Waals surface area (Å²) in [5, 5.41) is 3.36. The number of fused-ring (bicyclic) bond motifs is 1. The lowest BCUT2D eigenvalue weighted by Crippen LogP contribution is -2.40. The monoisotopic (exact) mass is 439 g/mol. The molecule has 0 saturated heterocycles. The molecular formula is C25H30FN3O3. The highest BCUT2D eigenvalue weighted by Gasteiger charge is 2.13. The highest BCUT2D eigenvalue weighted by Crippen LogP contribution is 2.11. The van der Waals surface area contributed by atoms with Gasteiger partial charge in [0.25, 0.3) is 5.56 Å². The largest absolute Gasteiger partial charge is 0.356 e. The van der Waals surface area contributed by atoms with Crippen molar-refractivity contribution in [1.82, 2.24) is 14.5 Å². The third-order valence-corrected chi connectivity index (χ3v) is 5.47. The minimum atomic E-state index is -0.403. The maximum Gasteiger partial charge on any atom is 0.331 e. The Labute approximate surface area is 186 Å². The van der Waals surface area contributed by atoms with Crippen molar-refractivity contribution in [3.63, 3.8) is 0 Å². The molecule has 0 fully saturated rings. The molecule has 0 bridgehead atoms. The van der Waals surface area contributed by atoms with Gasteiger partial charge in [0.2, 0.25) is 5.91 Å². The number of aromatic nitrogens is 2. The van der Waals surface area contributed by atoms with E-state index in [1.807, 2.05) is 0 Å². The Balaban J connectivity index is 1.75. The van der Waals surface area contributed by atoms with E-state index in [0.717, 1.165) is 12.0 Å². The first kappa shape index (κ1) is 23.4. The Morgan fingerprint density at radius 1 is 1.00 bits per heavy atom. The van der Waals surface area contributed by atoms with Gasteiger partial charge in [-0.2, -0.15) is 0 Å². The fourth-order valence-corrected chi connectivity index (χ4v) is 3.64. The average Bonchev–Trinajstić information content (AvgIpc) is 2.77. The zero-order chi connectivity index (χ0) is 23.1. The van der Waals surface area contributed by atoms with Crippen LogP contribution >= 0.6 is 0 Å². The molecule has 7 heteroatoms. The molecule has 32 heavy (non-hydrogen) atoms. The van der Waals surface area contributed by atoms with Crippen LogP contribution in [0.25, 0.3) is 10.9 Å². The quantitative estimate of drug-likeness (QED) is 0.490. The Morgan fingerprint density at radius 3 is 2.44 bits per heavy atom. The van der Waals surface area contributed by atoms with Gasteiger partial charge in [-0.05, 0) is 55.0 Å². The van der Waals surface area contributed by atoms with Crippen molar-refractivity contribution >= 4 is 16.8 Å². The van der Waals surface area contributed by atoms with Crippen molar-refractivity contribution < 1.29 is 9.18 Å². The van der Waals surface area contributed by atoms with E-state index in [1.165, 1.54) is 16.7 Å². The maximum atomic E-state index is 13.3. The molecule has 0 radical (unpaired) electrons. The van der Waals surface area contributed by atoms with Gasteiger partial charge in [0, 0.05) is 19.5 Å². The number of rotatable bonds is 10. The van der Waals surface area contributed by atoms with Crippen LogP contribution in [0.5, 0.6) is 0 Å². The predicted molar refractivity (Wildman–Crippen MR) is 124 cm³/mol. The number of hydrogen-bond acceptors (Lipinski definition) is 3. The molecule has 1 amide bonds. The van der Waals surface area contributed by atoms with Crippen LogP contribution in [0.1, 0.15) is 45.1 Å². The summed E-state index contributed by atoms with van der Waals surface area (Å²) < 4.78 is 16.0. The molecule has 0 aliphatic heterocycles. The molecule has 170 valence electrons. The van der Waals surface area contributed by atoms with Gasteiger partial charge in [-0.1, -0.05) is 38.1 Å². The van der Waals surface area contributed by atoms with E-state index in [9.17, 15) is 18.8 Å². The molecule has 1 aromatic heterocycles. The Bertz CT molecular complexity index is 1180. The molecule has 0 spiro atoms. The highest BCUT2D eigenvalue weighted by molar-refractivity contribution is 5.78. The van der Waals surface area contributed by atoms with Gasteiger partial charge in [-0.3, -0.25) is 18.7 Å². The molecule has 1 heterocycles. The zero-order valence-corrected chi connectivity index (χ0v) is 18.6. The SMILES string of the molecule is CC(C)CCNC(=O)CCCCn1c(=O)c2ccccc2n(Cc2ccc(F)cc2)c1=O. The standard InChI is InChI=1S/C25H30FN3O3/c1-18(2)14-15-27-23(30)9-5-6-16-28-24(31)21-7-3-4-8-22(21)29(25(28)32)17-19-10-12-20(26)13-11-19/h3-4,7-8,10-13,18H,5-6,9,14-17H2,1-2H3,(H,27,30). The Hall–Kier alpha value is -3.22. The third-order valence-electron chi connectivity index (χ3n) is 5.47. The van der Waals surface area contributed by atoms with Crippen LogP contribution in [0, 0.1) is 11.7 Å². The maximum absolute atomic E-state index is 13.3. The summed E-state index contributed by atoms with van der Waals surface area (Å²) in [5.74, 6) is 0.182. The van der Waals surface area contributed by atoms with Gasteiger partial charge in [0.15, 0.2) is 0 Å². The molecule has 3 aromatic rings. The van der Waals surface area contributed by atoms with Gasteiger partial charge in [0.1, 0.15) is 5.82 Å². The summed E-state index contributed by atoms with van der Waals surface area (Å²) in [5.41, 5.74) is 0.580. The number of benzene rings is 2. The molecule has 3 rings (SSSR count). The Morgan fingerprint density at radius 2 is 1.72 bits per heavy atom. The van der Waals surface area contributed by atoms with E-state index >= 15 is 0 Å². The summed E-state index contributed by atoms with van der Waals surface area (Å²) in [6.45, 7) is 5.35. The van der Waals surface area contributed by atoms with E-state index in [1.54, 1.807) is 41.0 Å². The van der Waals surface area contributed by atoms with Crippen LogP contribution in [0.3, 0.4) is 0 Å². The lowest BCUT2D eigenvalue weighted by molar-refractivity contribution is -0.121. The summed E-state index contributed by atoms with van der Waals surface area (Å²) in [6, 6.07) is 13.0. The fourth-order valence-electron chi connectivity index (χ4n) is 3.64. The van der Waals surface area contributed by atoms with Gasteiger partial charge < -0.3 is 5.32 Å².